The van der Waals surface area contributed by atoms with E-state index >= 15 is 0 Å². The summed E-state index contributed by atoms with van der Waals surface area (Å²) in [6.07, 6.45) is 4.56. The van der Waals surface area contributed by atoms with Crippen molar-refractivity contribution in [1.29, 1.82) is 0 Å². The van der Waals surface area contributed by atoms with Crippen LogP contribution in [0.3, 0.4) is 0 Å². The first-order valence-corrected chi connectivity index (χ1v) is 7.63. The molecule has 21 heavy (non-hydrogen) atoms. The third-order valence-corrected chi connectivity index (χ3v) is 3.74. The summed E-state index contributed by atoms with van der Waals surface area (Å²) in [5.41, 5.74) is 2.01. The van der Waals surface area contributed by atoms with E-state index in [1.54, 1.807) is 0 Å². The molecule has 0 aromatic carbocycles. The molecule has 2 aromatic rings. The number of aryl methyl sites for hydroxylation is 1. The maximum atomic E-state index is 6.23. The standard InChI is InChI=1S/C16H21ClN4/c1-4-7-14-19-15(17)12(2)16(20-14)21(3)11-9-13-8-5-6-10-18-13/h5-6,8,10H,4,7,9,11H2,1-3H3. The number of halogens is 1. The topological polar surface area (TPSA) is 41.9 Å². The number of aromatic nitrogens is 3. The molecule has 0 radical (unpaired) electrons. The fourth-order valence-corrected chi connectivity index (χ4v) is 2.34. The highest BCUT2D eigenvalue weighted by Crippen LogP contribution is 2.23. The van der Waals surface area contributed by atoms with Crippen molar-refractivity contribution >= 4 is 17.4 Å². The van der Waals surface area contributed by atoms with Crippen LogP contribution in [0.2, 0.25) is 5.15 Å². The summed E-state index contributed by atoms with van der Waals surface area (Å²) in [4.78, 5) is 15.5. The van der Waals surface area contributed by atoms with E-state index in [-0.39, 0.29) is 0 Å². The maximum absolute atomic E-state index is 6.23. The Labute approximate surface area is 131 Å². The van der Waals surface area contributed by atoms with Crippen molar-refractivity contribution in [3.8, 4) is 0 Å². The van der Waals surface area contributed by atoms with E-state index in [1.807, 2.05) is 38.4 Å². The van der Waals surface area contributed by atoms with Gasteiger partial charge in [-0.1, -0.05) is 24.6 Å². The van der Waals surface area contributed by atoms with Gasteiger partial charge in [0.05, 0.1) is 0 Å². The highest BCUT2D eigenvalue weighted by molar-refractivity contribution is 6.30. The second kappa shape index (κ2) is 7.36. The normalized spacial score (nSPS) is 10.7. The Hall–Kier alpha value is -1.68. The molecule has 0 amide bonds. The monoisotopic (exact) mass is 304 g/mol. The Balaban J connectivity index is 2.12. The van der Waals surface area contributed by atoms with Gasteiger partial charge in [-0.05, 0) is 25.5 Å². The number of pyridine rings is 1. The summed E-state index contributed by atoms with van der Waals surface area (Å²) >= 11 is 6.23. The van der Waals surface area contributed by atoms with Crippen LogP contribution in [0, 0.1) is 6.92 Å². The van der Waals surface area contributed by atoms with Gasteiger partial charge in [-0.2, -0.15) is 0 Å². The minimum absolute atomic E-state index is 0.549. The summed E-state index contributed by atoms with van der Waals surface area (Å²) in [6.45, 7) is 4.92. The Morgan fingerprint density at radius 2 is 2.00 bits per heavy atom. The first kappa shape index (κ1) is 15.7. The minimum Gasteiger partial charge on any atom is -0.359 e. The fraction of sp³-hybridized carbons (Fsp3) is 0.438. The van der Waals surface area contributed by atoms with Gasteiger partial charge in [0.25, 0.3) is 0 Å². The molecule has 0 bridgehead atoms. The van der Waals surface area contributed by atoms with Crippen molar-refractivity contribution in [2.24, 2.45) is 0 Å². The first-order valence-electron chi connectivity index (χ1n) is 7.26. The van der Waals surface area contributed by atoms with Crippen LogP contribution in [0.1, 0.15) is 30.4 Å². The predicted molar refractivity (Wildman–Crippen MR) is 87.0 cm³/mol. The molecule has 0 atom stereocenters. The third-order valence-electron chi connectivity index (χ3n) is 3.37. The van der Waals surface area contributed by atoms with Crippen molar-refractivity contribution < 1.29 is 0 Å². The summed E-state index contributed by atoms with van der Waals surface area (Å²) in [5.74, 6) is 1.72. The molecule has 0 fully saturated rings. The lowest BCUT2D eigenvalue weighted by molar-refractivity contribution is 0.793. The molecule has 0 aliphatic carbocycles. The second-order valence-corrected chi connectivity index (χ2v) is 5.48. The van der Waals surface area contributed by atoms with E-state index in [0.717, 1.165) is 48.7 Å². The molecule has 0 N–H and O–H groups in total. The van der Waals surface area contributed by atoms with Crippen molar-refractivity contribution in [2.75, 3.05) is 18.5 Å². The average molecular weight is 305 g/mol. The highest BCUT2D eigenvalue weighted by atomic mass is 35.5. The van der Waals surface area contributed by atoms with Crippen LogP contribution < -0.4 is 4.90 Å². The number of likely N-dealkylation sites (N-methyl/N-ethyl adjacent to an activating group) is 1. The number of anilines is 1. The molecule has 5 heteroatoms. The smallest absolute Gasteiger partial charge is 0.137 e. The van der Waals surface area contributed by atoms with E-state index in [9.17, 15) is 0 Å². The summed E-state index contributed by atoms with van der Waals surface area (Å²) in [6, 6.07) is 5.98. The molecular weight excluding hydrogens is 284 g/mol. The molecule has 0 saturated carbocycles. The Kier molecular flexibility index (Phi) is 5.51. The largest absolute Gasteiger partial charge is 0.359 e. The summed E-state index contributed by atoms with van der Waals surface area (Å²) < 4.78 is 0. The zero-order chi connectivity index (χ0) is 15.2. The van der Waals surface area contributed by atoms with Crippen LogP contribution in [0.15, 0.2) is 24.4 Å². The highest BCUT2D eigenvalue weighted by Gasteiger charge is 2.13. The van der Waals surface area contributed by atoms with Crippen LogP contribution in [-0.4, -0.2) is 28.5 Å². The van der Waals surface area contributed by atoms with Crippen LogP contribution in [0.4, 0.5) is 5.82 Å². The first-order chi connectivity index (χ1) is 10.1. The lowest BCUT2D eigenvalue weighted by Crippen LogP contribution is -2.23. The maximum Gasteiger partial charge on any atom is 0.137 e. The molecule has 0 aliphatic heterocycles. The van der Waals surface area contributed by atoms with E-state index in [2.05, 4.69) is 26.8 Å². The molecule has 4 nitrogen and oxygen atoms in total. The number of nitrogens with zero attached hydrogens (tertiary/aromatic N) is 4. The van der Waals surface area contributed by atoms with Gasteiger partial charge in [0.15, 0.2) is 0 Å². The van der Waals surface area contributed by atoms with Gasteiger partial charge in [0.1, 0.15) is 16.8 Å². The second-order valence-electron chi connectivity index (χ2n) is 5.12. The zero-order valence-corrected chi connectivity index (χ0v) is 13.6. The van der Waals surface area contributed by atoms with Gasteiger partial charge < -0.3 is 4.90 Å². The lowest BCUT2D eigenvalue weighted by atomic mass is 10.2. The zero-order valence-electron chi connectivity index (χ0n) is 12.8. The van der Waals surface area contributed by atoms with Gasteiger partial charge in [-0.25, -0.2) is 9.97 Å². The number of rotatable bonds is 6. The van der Waals surface area contributed by atoms with E-state index < -0.39 is 0 Å². The van der Waals surface area contributed by atoms with E-state index in [4.69, 9.17) is 11.6 Å². The van der Waals surface area contributed by atoms with Crippen molar-refractivity contribution in [2.45, 2.75) is 33.1 Å². The third kappa shape index (κ3) is 4.14. The molecule has 2 rings (SSSR count). The molecule has 2 heterocycles. The lowest BCUT2D eigenvalue weighted by Gasteiger charge is -2.21. The Morgan fingerprint density at radius 1 is 1.19 bits per heavy atom. The van der Waals surface area contributed by atoms with E-state index in [1.165, 1.54) is 0 Å². The van der Waals surface area contributed by atoms with Crippen LogP contribution >= 0.6 is 11.6 Å². The SMILES string of the molecule is CCCc1nc(Cl)c(C)c(N(C)CCc2ccccn2)n1. The number of hydrogen-bond acceptors (Lipinski definition) is 4. The summed E-state index contributed by atoms with van der Waals surface area (Å²) in [5, 5.41) is 0.549. The molecule has 2 aromatic heterocycles. The molecule has 0 aliphatic rings. The molecule has 0 unspecified atom stereocenters. The molecule has 0 saturated heterocycles. The van der Waals surface area contributed by atoms with Gasteiger partial charge >= 0.3 is 0 Å². The van der Waals surface area contributed by atoms with Crippen molar-refractivity contribution in [3.63, 3.8) is 0 Å². The van der Waals surface area contributed by atoms with Crippen molar-refractivity contribution in [3.05, 3.63) is 46.6 Å². The van der Waals surface area contributed by atoms with Crippen molar-refractivity contribution in [1.82, 2.24) is 15.0 Å². The minimum atomic E-state index is 0.549. The fourth-order valence-electron chi connectivity index (χ4n) is 2.16. The Bertz CT molecular complexity index is 586. The van der Waals surface area contributed by atoms with Gasteiger partial charge in [0, 0.05) is 43.9 Å². The van der Waals surface area contributed by atoms with E-state index in [0.29, 0.717) is 5.15 Å². The molecule has 112 valence electrons. The van der Waals surface area contributed by atoms with Crippen LogP contribution in [-0.2, 0) is 12.8 Å². The van der Waals surface area contributed by atoms with Gasteiger partial charge in [0.2, 0.25) is 0 Å². The molecular formula is C16H21ClN4. The molecule has 0 spiro atoms. The van der Waals surface area contributed by atoms with Crippen LogP contribution in [0.5, 0.6) is 0 Å². The number of hydrogen-bond donors (Lipinski definition) is 0. The predicted octanol–water partition coefficient (Wildman–Crippen LogP) is 3.46. The summed E-state index contributed by atoms with van der Waals surface area (Å²) in [7, 11) is 2.03. The van der Waals surface area contributed by atoms with Gasteiger partial charge in [-0.15, -0.1) is 0 Å². The van der Waals surface area contributed by atoms with Gasteiger partial charge in [-0.3, -0.25) is 4.98 Å². The average Bonchev–Trinajstić information content (AvgIpc) is 2.49. The van der Waals surface area contributed by atoms with Crippen LogP contribution in [0.25, 0.3) is 0 Å². The quantitative estimate of drug-likeness (QED) is 0.766. The Morgan fingerprint density at radius 3 is 2.67 bits per heavy atom.